The molecule has 1 N–H and O–H groups in total. The molecule has 0 aliphatic carbocycles. The Hall–Kier alpha value is -1.45. The first-order valence-corrected chi connectivity index (χ1v) is 10.5. The minimum atomic E-state index is -3.68. The summed E-state index contributed by atoms with van der Waals surface area (Å²) in [5.41, 5.74) is 0.232. The van der Waals surface area contributed by atoms with E-state index in [1.165, 1.54) is 29.2 Å². The molecule has 1 saturated heterocycles. The van der Waals surface area contributed by atoms with Crippen LogP contribution in [0.5, 0.6) is 0 Å². The molecule has 1 amide bonds. The fourth-order valence-electron chi connectivity index (χ4n) is 2.27. The van der Waals surface area contributed by atoms with E-state index in [4.69, 9.17) is 0 Å². The molecule has 9 heteroatoms. The molecule has 1 heterocycles. The molecule has 1 aromatic rings. The molecule has 0 saturated carbocycles. The fourth-order valence-corrected chi connectivity index (χ4v) is 4.77. The highest BCUT2D eigenvalue weighted by Crippen LogP contribution is 2.15. The van der Waals surface area contributed by atoms with Crippen LogP contribution in [0, 0.1) is 0 Å². The minimum absolute atomic E-state index is 0.0154. The second-order valence-corrected chi connectivity index (χ2v) is 9.77. The summed E-state index contributed by atoms with van der Waals surface area (Å²) in [4.78, 5) is 13.9. The topological polar surface area (TPSA) is 101 Å². The first kappa shape index (κ1) is 17.9. The van der Waals surface area contributed by atoms with Crippen molar-refractivity contribution < 1.29 is 21.6 Å². The predicted molar refractivity (Wildman–Crippen MR) is 86.5 cm³/mol. The lowest BCUT2D eigenvalue weighted by atomic mass is 10.2. The van der Waals surface area contributed by atoms with Crippen molar-refractivity contribution in [3.05, 3.63) is 29.8 Å². The molecule has 0 radical (unpaired) electrons. The lowest BCUT2D eigenvalue weighted by Gasteiger charge is -2.26. The Morgan fingerprint density at radius 1 is 1.22 bits per heavy atom. The number of amides is 1. The fraction of sp³-hybridized carbons (Fsp3) is 0.500. The smallest absolute Gasteiger partial charge is 0.253 e. The van der Waals surface area contributed by atoms with Crippen LogP contribution in [-0.4, -0.2) is 58.3 Å². The van der Waals surface area contributed by atoms with Crippen molar-refractivity contribution in [3.8, 4) is 0 Å². The van der Waals surface area contributed by atoms with Gasteiger partial charge in [-0.25, -0.2) is 21.6 Å². The number of nitrogens with one attached hydrogen (secondary N) is 1. The van der Waals surface area contributed by atoms with E-state index >= 15 is 0 Å². The normalized spacial score (nSPS) is 18.1. The van der Waals surface area contributed by atoms with Crippen LogP contribution < -0.4 is 4.72 Å². The quantitative estimate of drug-likeness (QED) is 0.829. The van der Waals surface area contributed by atoms with Crippen LogP contribution in [0.1, 0.15) is 24.2 Å². The zero-order valence-corrected chi connectivity index (χ0v) is 14.7. The number of sulfonamides is 1. The molecule has 0 spiro atoms. The number of sulfone groups is 1. The Bertz CT molecular complexity index is 786. The van der Waals surface area contributed by atoms with Crippen molar-refractivity contribution in [1.82, 2.24) is 9.62 Å². The van der Waals surface area contributed by atoms with Crippen LogP contribution in [0.3, 0.4) is 0 Å². The predicted octanol–water partition coefficient (Wildman–Crippen LogP) is 0.244. The van der Waals surface area contributed by atoms with Crippen LogP contribution in [0.4, 0.5) is 0 Å². The summed E-state index contributed by atoms with van der Waals surface area (Å²) >= 11 is 0. The van der Waals surface area contributed by atoms with Crippen molar-refractivity contribution in [2.45, 2.75) is 24.8 Å². The van der Waals surface area contributed by atoms with Crippen molar-refractivity contribution in [2.24, 2.45) is 0 Å². The van der Waals surface area contributed by atoms with Crippen molar-refractivity contribution in [3.63, 3.8) is 0 Å². The van der Waals surface area contributed by atoms with Gasteiger partial charge in [0.1, 0.15) is 0 Å². The van der Waals surface area contributed by atoms with Crippen LogP contribution in [0.25, 0.3) is 0 Å². The third-order valence-electron chi connectivity index (χ3n) is 3.41. The summed E-state index contributed by atoms with van der Waals surface area (Å²) in [6.45, 7) is 3.67. The average Bonchev–Trinajstić information content (AvgIpc) is 2.45. The number of carbonyl (C=O) groups excluding carboxylic acids is 1. The molecule has 1 aromatic carbocycles. The SMILES string of the molecule is CC(C)NS(=O)(=O)c1cccc(C(=O)N2CCS(=O)(=O)CC2)c1. The van der Waals surface area contributed by atoms with Gasteiger partial charge in [-0.15, -0.1) is 0 Å². The van der Waals surface area contributed by atoms with Gasteiger partial charge in [0, 0.05) is 24.7 Å². The molecule has 1 aliphatic heterocycles. The van der Waals surface area contributed by atoms with Crippen LogP contribution in [0.2, 0.25) is 0 Å². The summed E-state index contributed by atoms with van der Waals surface area (Å²) in [7, 11) is -6.76. The summed E-state index contributed by atoms with van der Waals surface area (Å²) in [5.74, 6) is -0.487. The van der Waals surface area contributed by atoms with Crippen molar-refractivity contribution in [2.75, 3.05) is 24.6 Å². The number of carbonyl (C=O) groups is 1. The van der Waals surface area contributed by atoms with E-state index in [0.29, 0.717) is 0 Å². The van der Waals surface area contributed by atoms with Gasteiger partial charge in [0.2, 0.25) is 10.0 Å². The van der Waals surface area contributed by atoms with Gasteiger partial charge in [-0.2, -0.15) is 0 Å². The monoisotopic (exact) mass is 360 g/mol. The maximum atomic E-state index is 12.4. The second-order valence-electron chi connectivity index (χ2n) is 5.75. The lowest BCUT2D eigenvalue weighted by molar-refractivity contribution is 0.0770. The summed E-state index contributed by atoms with van der Waals surface area (Å²) < 4.78 is 49.6. The van der Waals surface area contributed by atoms with Gasteiger partial charge >= 0.3 is 0 Å². The molecule has 0 aromatic heterocycles. The Morgan fingerprint density at radius 2 is 1.83 bits per heavy atom. The molecular weight excluding hydrogens is 340 g/mol. The van der Waals surface area contributed by atoms with Gasteiger partial charge in [0.15, 0.2) is 9.84 Å². The number of rotatable bonds is 4. The molecule has 0 atom stereocenters. The highest BCUT2D eigenvalue weighted by molar-refractivity contribution is 7.91. The van der Waals surface area contributed by atoms with E-state index in [-0.39, 0.29) is 47.0 Å². The van der Waals surface area contributed by atoms with Crippen molar-refractivity contribution in [1.29, 1.82) is 0 Å². The second kappa shape index (κ2) is 6.58. The van der Waals surface area contributed by atoms with Crippen LogP contribution >= 0.6 is 0 Å². The Kier molecular flexibility index (Phi) is 5.12. The molecule has 2 rings (SSSR count). The molecule has 1 aliphatic rings. The number of benzene rings is 1. The van der Waals surface area contributed by atoms with E-state index in [9.17, 15) is 21.6 Å². The van der Waals surface area contributed by atoms with Gasteiger partial charge < -0.3 is 4.90 Å². The highest BCUT2D eigenvalue weighted by atomic mass is 32.2. The number of hydrogen-bond donors (Lipinski definition) is 1. The Labute approximate surface area is 136 Å². The molecule has 1 fully saturated rings. The first-order valence-electron chi connectivity index (χ1n) is 7.23. The first-order chi connectivity index (χ1) is 10.6. The Morgan fingerprint density at radius 3 is 2.39 bits per heavy atom. The molecule has 0 unspecified atom stereocenters. The van der Waals surface area contributed by atoms with Crippen LogP contribution in [0.15, 0.2) is 29.2 Å². The van der Waals surface area contributed by atoms with E-state index in [0.717, 1.165) is 0 Å². The number of hydrogen-bond acceptors (Lipinski definition) is 5. The maximum Gasteiger partial charge on any atom is 0.253 e. The molecular formula is C14H20N2O5S2. The molecule has 23 heavy (non-hydrogen) atoms. The average molecular weight is 360 g/mol. The van der Waals surface area contributed by atoms with Crippen LogP contribution in [-0.2, 0) is 19.9 Å². The zero-order chi connectivity index (χ0) is 17.3. The summed E-state index contributed by atoms with van der Waals surface area (Å²) in [5, 5.41) is 0. The lowest BCUT2D eigenvalue weighted by Crippen LogP contribution is -2.43. The highest BCUT2D eigenvalue weighted by Gasteiger charge is 2.26. The van der Waals surface area contributed by atoms with Gasteiger partial charge in [-0.1, -0.05) is 6.07 Å². The van der Waals surface area contributed by atoms with E-state index in [2.05, 4.69) is 4.72 Å². The van der Waals surface area contributed by atoms with E-state index in [1.54, 1.807) is 13.8 Å². The number of nitrogens with zero attached hydrogens (tertiary/aromatic N) is 1. The van der Waals surface area contributed by atoms with Crippen molar-refractivity contribution >= 4 is 25.8 Å². The third kappa shape index (κ3) is 4.52. The van der Waals surface area contributed by atoms with Gasteiger partial charge in [0.25, 0.3) is 5.91 Å². The van der Waals surface area contributed by atoms with Gasteiger partial charge in [0.05, 0.1) is 16.4 Å². The minimum Gasteiger partial charge on any atom is -0.337 e. The largest absolute Gasteiger partial charge is 0.337 e. The van der Waals surface area contributed by atoms with Gasteiger partial charge in [-0.3, -0.25) is 4.79 Å². The maximum absolute atomic E-state index is 12.4. The summed E-state index contributed by atoms with van der Waals surface area (Å²) in [6, 6.07) is 5.51. The van der Waals surface area contributed by atoms with E-state index in [1.807, 2.05) is 0 Å². The Balaban J connectivity index is 2.21. The zero-order valence-electron chi connectivity index (χ0n) is 13.0. The molecule has 128 valence electrons. The summed E-state index contributed by atoms with van der Waals surface area (Å²) in [6.07, 6.45) is 0. The molecule has 7 nitrogen and oxygen atoms in total. The molecule has 0 bridgehead atoms. The standard InChI is InChI=1S/C14H20N2O5S2/c1-11(2)15-23(20,21)13-5-3-4-12(10-13)14(17)16-6-8-22(18,19)9-7-16/h3-5,10-11,15H,6-9H2,1-2H3. The van der Waals surface area contributed by atoms with E-state index < -0.39 is 19.9 Å². The van der Waals surface area contributed by atoms with Gasteiger partial charge in [-0.05, 0) is 32.0 Å². The third-order valence-corrected chi connectivity index (χ3v) is 6.68.